The Kier molecular flexibility index (Phi) is 3.36. The molecule has 5 nitrogen and oxygen atoms in total. The van der Waals surface area contributed by atoms with Gasteiger partial charge in [0.1, 0.15) is 11.8 Å². The summed E-state index contributed by atoms with van der Waals surface area (Å²) in [4.78, 5) is 8.20. The first-order valence-electron chi connectivity index (χ1n) is 4.41. The average molecular weight is 349 g/mol. The van der Waals surface area contributed by atoms with Gasteiger partial charge in [0.25, 0.3) is 5.89 Å². The van der Waals surface area contributed by atoms with Crippen LogP contribution in [0.5, 0.6) is 0 Å². The van der Waals surface area contributed by atoms with Crippen molar-refractivity contribution in [3.63, 3.8) is 0 Å². The molecular formula is C9H7Br2N3O2. The summed E-state index contributed by atoms with van der Waals surface area (Å²) in [6.07, 6.45) is 0.855. The van der Waals surface area contributed by atoms with E-state index in [0.717, 1.165) is 8.95 Å². The van der Waals surface area contributed by atoms with Crippen molar-refractivity contribution >= 4 is 31.9 Å². The van der Waals surface area contributed by atoms with Crippen molar-refractivity contribution in [2.45, 2.75) is 13.0 Å². The molecule has 7 heteroatoms. The maximum atomic E-state index is 9.26. The molecule has 1 N–H and O–H groups in total. The van der Waals surface area contributed by atoms with Gasteiger partial charge in [-0.3, -0.25) is 4.98 Å². The lowest BCUT2D eigenvalue weighted by Crippen LogP contribution is -1.91. The molecule has 2 aromatic heterocycles. The van der Waals surface area contributed by atoms with E-state index in [-0.39, 0.29) is 5.89 Å². The van der Waals surface area contributed by atoms with Crippen LogP contribution < -0.4 is 0 Å². The topological polar surface area (TPSA) is 72.0 Å². The van der Waals surface area contributed by atoms with Crippen LogP contribution in [-0.4, -0.2) is 20.2 Å². The Hall–Kier alpha value is -0.790. The van der Waals surface area contributed by atoms with Gasteiger partial charge in [-0.25, -0.2) is 0 Å². The van der Waals surface area contributed by atoms with Gasteiger partial charge in [-0.15, -0.1) is 0 Å². The van der Waals surface area contributed by atoms with Gasteiger partial charge < -0.3 is 9.63 Å². The predicted molar refractivity (Wildman–Crippen MR) is 63.6 cm³/mol. The van der Waals surface area contributed by atoms with Crippen molar-refractivity contribution in [3.8, 4) is 11.5 Å². The van der Waals surface area contributed by atoms with Crippen molar-refractivity contribution in [2.24, 2.45) is 0 Å². The van der Waals surface area contributed by atoms with Gasteiger partial charge in [0.2, 0.25) is 5.82 Å². The maximum Gasteiger partial charge on any atom is 0.255 e. The van der Waals surface area contributed by atoms with Gasteiger partial charge in [-0.2, -0.15) is 4.98 Å². The van der Waals surface area contributed by atoms with Crippen LogP contribution in [0.25, 0.3) is 11.5 Å². The average Bonchev–Trinajstić information content (AvgIpc) is 2.66. The summed E-state index contributed by atoms with van der Waals surface area (Å²) in [6.45, 7) is 1.56. The molecule has 2 heterocycles. The van der Waals surface area contributed by atoms with E-state index in [4.69, 9.17) is 4.52 Å². The van der Waals surface area contributed by atoms with Crippen LogP contribution in [-0.2, 0) is 0 Å². The SMILES string of the molecule is C[C@H](O)c1nc(-c2ncc(Br)cc2Br)no1. The highest BCUT2D eigenvalue weighted by Gasteiger charge is 2.15. The molecule has 2 rings (SSSR count). The van der Waals surface area contributed by atoms with E-state index >= 15 is 0 Å². The van der Waals surface area contributed by atoms with Crippen molar-refractivity contribution in [3.05, 3.63) is 27.1 Å². The summed E-state index contributed by atoms with van der Waals surface area (Å²) in [5.41, 5.74) is 0.568. The molecule has 0 aliphatic rings. The zero-order valence-electron chi connectivity index (χ0n) is 8.19. The van der Waals surface area contributed by atoms with Crippen LogP contribution >= 0.6 is 31.9 Å². The van der Waals surface area contributed by atoms with Crippen molar-refractivity contribution in [2.75, 3.05) is 0 Å². The molecule has 0 saturated heterocycles. The first kappa shape index (κ1) is 11.7. The fourth-order valence-corrected chi connectivity index (χ4v) is 2.24. The summed E-state index contributed by atoms with van der Waals surface area (Å²) in [5, 5.41) is 13.0. The lowest BCUT2D eigenvalue weighted by atomic mass is 10.3. The normalized spacial score (nSPS) is 12.8. The van der Waals surface area contributed by atoms with Gasteiger partial charge in [0.15, 0.2) is 0 Å². The van der Waals surface area contributed by atoms with E-state index in [1.165, 1.54) is 0 Å². The quantitative estimate of drug-likeness (QED) is 0.903. The Morgan fingerprint density at radius 2 is 2.19 bits per heavy atom. The smallest absolute Gasteiger partial charge is 0.255 e. The number of nitrogens with zero attached hydrogens (tertiary/aromatic N) is 3. The Bertz CT molecular complexity index is 513. The van der Waals surface area contributed by atoms with Gasteiger partial charge in [-0.1, -0.05) is 5.16 Å². The summed E-state index contributed by atoms with van der Waals surface area (Å²) in [6, 6.07) is 1.83. The molecule has 2 aromatic rings. The number of halogens is 2. The monoisotopic (exact) mass is 347 g/mol. The summed E-state index contributed by atoms with van der Waals surface area (Å²) >= 11 is 6.65. The molecule has 1 atom stereocenters. The fraction of sp³-hybridized carbons (Fsp3) is 0.222. The van der Waals surface area contributed by atoms with Gasteiger partial charge in [0.05, 0.1) is 0 Å². The molecule has 0 aliphatic carbocycles. The van der Waals surface area contributed by atoms with Crippen LogP contribution in [0.3, 0.4) is 0 Å². The van der Waals surface area contributed by atoms with Gasteiger partial charge >= 0.3 is 0 Å². The number of pyridine rings is 1. The lowest BCUT2D eigenvalue weighted by molar-refractivity contribution is 0.152. The molecule has 0 unspecified atom stereocenters. The first-order chi connectivity index (χ1) is 7.58. The van der Waals surface area contributed by atoms with Crippen molar-refractivity contribution < 1.29 is 9.63 Å². The van der Waals surface area contributed by atoms with Crippen LogP contribution in [0, 0.1) is 0 Å². The van der Waals surface area contributed by atoms with E-state index in [0.29, 0.717) is 11.5 Å². The number of rotatable bonds is 2. The molecule has 0 fully saturated rings. The largest absolute Gasteiger partial charge is 0.384 e. The summed E-state index contributed by atoms with van der Waals surface area (Å²) in [5.74, 6) is 0.516. The van der Waals surface area contributed by atoms with Gasteiger partial charge in [-0.05, 0) is 44.8 Å². The minimum atomic E-state index is -0.782. The van der Waals surface area contributed by atoms with Crippen LogP contribution in [0.2, 0.25) is 0 Å². The molecule has 0 spiro atoms. The summed E-state index contributed by atoms with van der Waals surface area (Å²) in [7, 11) is 0. The van der Waals surface area contributed by atoms with Crippen LogP contribution in [0.15, 0.2) is 25.7 Å². The minimum Gasteiger partial charge on any atom is -0.384 e. The highest BCUT2D eigenvalue weighted by Crippen LogP contribution is 2.27. The number of aliphatic hydroxyl groups excluding tert-OH is 1. The third-order valence-corrected chi connectivity index (χ3v) is 2.86. The molecule has 84 valence electrons. The minimum absolute atomic E-state index is 0.173. The number of aromatic nitrogens is 3. The number of hydrogen-bond donors (Lipinski definition) is 1. The molecule has 0 saturated carbocycles. The molecule has 0 radical (unpaired) electrons. The molecule has 0 bridgehead atoms. The molecule has 0 amide bonds. The van der Waals surface area contributed by atoms with Crippen molar-refractivity contribution in [1.29, 1.82) is 0 Å². The second-order valence-electron chi connectivity index (χ2n) is 3.12. The number of hydrogen-bond acceptors (Lipinski definition) is 5. The van der Waals surface area contributed by atoms with Crippen molar-refractivity contribution in [1.82, 2.24) is 15.1 Å². The summed E-state index contributed by atoms with van der Waals surface area (Å²) < 4.78 is 6.48. The van der Waals surface area contributed by atoms with E-state index in [1.54, 1.807) is 13.1 Å². The van der Waals surface area contributed by atoms with E-state index in [9.17, 15) is 5.11 Å². The zero-order valence-corrected chi connectivity index (χ0v) is 11.4. The second-order valence-corrected chi connectivity index (χ2v) is 4.89. The Morgan fingerprint density at radius 1 is 1.44 bits per heavy atom. The molecule has 0 aliphatic heterocycles. The highest BCUT2D eigenvalue weighted by atomic mass is 79.9. The zero-order chi connectivity index (χ0) is 11.7. The van der Waals surface area contributed by atoms with E-state index in [2.05, 4.69) is 47.0 Å². The molecule has 16 heavy (non-hydrogen) atoms. The lowest BCUT2D eigenvalue weighted by Gasteiger charge is -1.98. The molecular weight excluding hydrogens is 342 g/mol. The number of aliphatic hydroxyl groups is 1. The maximum absolute atomic E-state index is 9.26. The van der Waals surface area contributed by atoms with Crippen LogP contribution in [0.1, 0.15) is 18.9 Å². The second kappa shape index (κ2) is 4.60. The first-order valence-corrected chi connectivity index (χ1v) is 5.99. The third kappa shape index (κ3) is 2.31. The highest BCUT2D eigenvalue weighted by molar-refractivity contribution is 9.11. The Labute approximate surface area is 108 Å². The van der Waals surface area contributed by atoms with Gasteiger partial charge in [0, 0.05) is 15.1 Å². The fourth-order valence-electron chi connectivity index (χ4n) is 1.08. The molecule has 0 aromatic carbocycles. The van der Waals surface area contributed by atoms with E-state index in [1.807, 2.05) is 6.07 Å². The standard InChI is InChI=1S/C9H7Br2N3O2/c1-4(15)9-13-8(14-16-9)7-6(11)2-5(10)3-12-7/h2-4,15H,1H3/t4-/m0/s1. The third-order valence-electron chi connectivity index (χ3n) is 1.82. The van der Waals surface area contributed by atoms with E-state index < -0.39 is 6.10 Å². The Morgan fingerprint density at radius 3 is 2.75 bits per heavy atom. The Balaban J connectivity index is 2.42. The van der Waals surface area contributed by atoms with Crippen LogP contribution in [0.4, 0.5) is 0 Å². The predicted octanol–water partition coefficient (Wildman–Crippen LogP) is 2.71.